The standard InChI is InChI=1S/C16H12N4/c1-11-6-7-13(10-18-11)20-16-12(8-17)9-19-15-5-3-2-4-14(15)16/h2-7,9-10H,1H3,(H,19,20). The summed E-state index contributed by atoms with van der Waals surface area (Å²) in [5.41, 5.74) is 3.95. The number of benzene rings is 1. The van der Waals surface area contributed by atoms with Crippen LogP contribution in [0.4, 0.5) is 11.4 Å². The molecule has 0 amide bonds. The van der Waals surface area contributed by atoms with Crippen LogP contribution in [-0.2, 0) is 0 Å². The van der Waals surface area contributed by atoms with E-state index in [0.29, 0.717) is 5.56 Å². The third-order valence-electron chi connectivity index (χ3n) is 3.08. The number of aryl methyl sites for hydroxylation is 1. The molecule has 0 spiro atoms. The lowest BCUT2D eigenvalue weighted by molar-refractivity contribution is 1.20. The number of para-hydroxylation sites is 1. The Hall–Kier alpha value is -2.93. The molecule has 20 heavy (non-hydrogen) atoms. The number of hydrogen-bond acceptors (Lipinski definition) is 4. The first-order valence-electron chi connectivity index (χ1n) is 6.25. The molecule has 0 radical (unpaired) electrons. The van der Waals surface area contributed by atoms with Crippen LogP contribution in [0.1, 0.15) is 11.3 Å². The van der Waals surface area contributed by atoms with E-state index in [0.717, 1.165) is 28.0 Å². The lowest BCUT2D eigenvalue weighted by Crippen LogP contribution is -1.97. The number of nitrogens with one attached hydrogen (secondary N) is 1. The van der Waals surface area contributed by atoms with Gasteiger partial charge in [-0.05, 0) is 25.1 Å². The number of nitriles is 1. The van der Waals surface area contributed by atoms with Gasteiger partial charge in [0.2, 0.25) is 0 Å². The molecule has 3 rings (SSSR count). The maximum atomic E-state index is 9.25. The Morgan fingerprint density at radius 2 is 1.90 bits per heavy atom. The monoisotopic (exact) mass is 260 g/mol. The third kappa shape index (κ3) is 2.17. The predicted octanol–water partition coefficient (Wildman–Crippen LogP) is 3.55. The second-order valence-corrected chi connectivity index (χ2v) is 4.49. The van der Waals surface area contributed by atoms with Crippen LogP contribution in [0.3, 0.4) is 0 Å². The van der Waals surface area contributed by atoms with E-state index in [1.54, 1.807) is 12.4 Å². The summed E-state index contributed by atoms with van der Waals surface area (Å²) in [6.45, 7) is 1.94. The van der Waals surface area contributed by atoms with Gasteiger partial charge < -0.3 is 5.32 Å². The molecule has 2 heterocycles. The Labute approximate surface area is 116 Å². The second-order valence-electron chi connectivity index (χ2n) is 4.49. The number of hydrogen-bond donors (Lipinski definition) is 1. The number of pyridine rings is 2. The highest BCUT2D eigenvalue weighted by Gasteiger charge is 2.08. The summed E-state index contributed by atoms with van der Waals surface area (Å²) >= 11 is 0. The van der Waals surface area contributed by atoms with E-state index in [1.807, 2.05) is 43.3 Å². The second kappa shape index (κ2) is 4.98. The summed E-state index contributed by atoms with van der Waals surface area (Å²) in [6.07, 6.45) is 3.35. The minimum atomic E-state index is 0.518. The molecule has 0 bridgehead atoms. The Bertz CT molecular complexity index is 801. The SMILES string of the molecule is Cc1ccc(Nc2c(C#N)cnc3ccccc23)cn1. The molecule has 0 atom stereocenters. The van der Waals surface area contributed by atoms with Crippen molar-refractivity contribution < 1.29 is 0 Å². The van der Waals surface area contributed by atoms with E-state index in [4.69, 9.17) is 0 Å². The van der Waals surface area contributed by atoms with Gasteiger partial charge in [0.1, 0.15) is 6.07 Å². The van der Waals surface area contributed by atoms with Crippen LogP contribution in [0.2, 0.25) is 0 Å². The smallest absolute Gasteiger partial charge is 0.103 e. The Morgan fingerprint density at radius 3 is 2.65 bits per heavy atom. The van der Waals surface area contributed by atoms with Gasteiger partial charge in [-0.1, -0.05) is 18.2 Å². The number of nitrogens with zero attached hydrogens (tertiary/aromatic N) is 3. The lowest BCUT2D eigenvalue weighted by Gasteiger charge is -2.11. The number of fused-ring (bicyclic) bond motifs is 1. The van der Waals surface area contributed by atoms with Crippen LogP contribution in [0, 0.1) is 18.3 Å². The molecule has 3 aromatic rings. The maximum Gasteiger partial charge on any atom is 0.103 e. The molecule has 0 aliphatic rings. The summed E-state index contributed by atoms with van der Waals surface area (Å²) < 4.78 is 0. The van der Waals surface area contributed by atoms with E-state index in [9.17, 15) is 5.26 Å². The third-order valence-corrected chi connectivity index (χ3v) is 3.08. The van der Waals surface area contributed by atoms with Crippen molar-refractivity contribution in [3.63, 3.8) is 0 Å². The molecule has 0 aliphatic carbocycles. The molecule has 0 aliphatic heterocycles. The van der Waals surface area contributed by atoms with Crippen LogP contribution >= 0.6 is 0 Å². The first-order valence-corrected chi connectivity index (χ1v) is 6.25. The summed E-state index contributed by atoms with van der Waals surface area (Å²) in [4.78, 5) is 8.54. The molecule has 96 valence electrons. The zero-order valence-electron chi connectivity index (χ0n) is 11.0. The van der Waals surface area contributed by atoms with Gasteiger partial charge >= 0.3 is 0 Å². The minimum absolute atomic E-state index is 0.518. The first-order chi connectivity index (χ1) is 9.78. The van der Waals surface area contributed by atoms with Gasteiger partial charge in [-0.25, -0.2) is 0 Å². The Kier molecular flexibility index (Phi) is 3.02. The van der Waals surface area contributed by atoms with Gasteiger partial charge in [0.25, 0.3) is 0 Å². The fourth-order valence-electron chi connectivity index (χ4n) is 2.05. The summed E-state index contributed by atoms with van der Waals surface area (Å²) in [5.74, 6) is 0. The van der Waals surface area contributed by atoms with Gasteiger partial charge in [-0.2, -0.15) is 5.26 Å². The molecule has 4 heteroatoms. The van der Waals surface area contributed by atoms with Crippen molar-refractivity contribution in [2.24, 2.45) is 0 Å². The average Bonchev–Trinajstić information content (AvgIpc) is 2.50. The molecule has 0 unspecified atom stereocenters. The molecule has 0 saturated heterocycles. The van der Waals surface area contributed by atoms with Gasteiger partial charge in [0, 0.05) is 17.3 Å². The molecular weight excluding hydrogens is 248 g/mol. The largest absolute Gasteiger partial charge is 0.353 e. The van der Waals surface area contributed by atoms with Gasteiger partial charge in [0.05, 0.1) is 28.7 Å². The number of rotatable bonds is 2. The van der Waals surface area contributed by atoms with E-state index in [-0.39, 0.29) is 0 Å². The van der Waals surface area contributed by atoms with Crippen molar-refractivity contribution >= 4 is 22.3 Å². The molecule has 2 aromatic heterocycles. The molecule has 0 saturated carbocycles. The van der Waals surface area contributed by atoms with Crippen molar-refractivity contribution in [1.82, 2.24) is 9.97 Å². The van der Waals surface area contributed by atoms with Crippen LogP contribution in [0.5, 0.6) is 0 Å². The van der Waals surface area contributed by atoms with Crippen molar-refractivity contribution in [3.05, 3.63) is 60.0 Å². The van der Waals surface area contributed by atoms with E-state index in [1.165, 1.54) is 0 Å². The summed E-state index contributed by atoms with van der Waals surface area (Å²) in [7, 11) is 0. The predicted molar refractivity (Wildman–Crippen MR) is 78.7 cm³/mol. The number of aromatic nitrogens is 2. The van der Waals surface area contributed by atoms with Crippen LogP contribution in [-0.4, -0.2) is 9.97 Å². The first kappa shape index (κ1) is 12.1. The Balaban J connectivity index is 2.14. The molecule has 1 N–H and O–H groups in total. The summed E-state index contributed by atoms with van der Waals surface area (Å²) in [5, 5.41) is 13.4. The van der Waals surface area contributed by atoms with Crippen LogP contribution < -0.4 is 5.32 Å². The van der Waals surface area contributed by atoms with Crippen molar-refractivity contribution in [3.8, 4) is 6.07 Å². The van der Waals surface area contributed by atoms with E-state index >= 15 is 0 Å². The zero-order valence-corrected chi connectivity index (χ0v) is 11.0. The van der Waals surface area contributed by atoms with Crippen LogP contribution in [0.25, 0.3) is 10.9 Å². The van der Waals surface area contributed by atoms with Crippen LogP contribution in [0.15, 0.2) is 48.8 Å². The maximum absolute atomic E-state index is 9.25. The Morgan fingerprint density at radius 1 is 1.05 bits per heavy atom. The van der Waals surface area contributed by atoms with Crippen molar-refractivity contribution in [2.75, 3.05) is 5.32 Å². The van der Waals surface area contributed by atoms with Gasteiger partial charge in [-0.3, -0.25) is 9.97 Å². The molecule has 0 fully saturated rings. The number of anilines is 2. The average molecular weight is 260 g/mol. The quantitative estimate of drug-likeness (QED) is 0.765. The zero-order chi connectivity index (χ0) is 13.9. The molecule has 4 nitrogen and oxygen atoms in total. The fraction of sp³-hybridized carbons (Fsp3) is 0.0625. The topological polar surface area (TPSA) is 61.6 Å². The fourth-order valence-corrected chi connectivity index (χ4v) is 2.05. The normalized spacial score (nSPS) is 10.2. The molecular formula is C16H12N4. The highest BCUT2D eigenvalue weighted by atomic mass is 14.9. The van der Waals surface area contributed by atoms with Gasteiger partial charge in [0.15, 0.2) is 0 Å². The highest BCUT2D eigenvalue weighted by molar-refractivity contribution is 5.95. The van der Waals surface area contributed by atoms with E-state index in [2.05, 4.69) is 21.4 Å². The minimum Gasteiger partial charge on any atom is -0.353 e. The van der Waals surface area contributed by atoms with Crippen molar-refractivity contribution in [1.29, 1.82) is 5.26 Å². The lowest BCUT2D eigenvalue weighted by atomic mass is 10.1. The highest BCUT2D eigenvalue weighted by Crippen LogP contribution is 2.28. The van der Waals surface area contributed by atoms with Crippen molar-refractivity contribution in [2.45, 2.75) is 6.92 Å². The van der Waals surface area contributed by atoms with E-state index < -0.39 is 0 Å². The van der Waals surface area contributed by atoms with Gasteiger partial charge in [-0.15, -0.1) is 0 Å². The molecule has 1 aromatic carbocycles. The summed E-state index contributed by atoms with van der Waals surface area (Å²) in [6, 6.07) is 13.8.